The molecule has 0 fully saturated rings. The number of rotatable bonds is 1. The number of thioether (sulfide) groups is 1. The van der Waals surface area contributed by atoms with Gasteiger partial charge in [-0.15, -0.1) is 11.3 Å². The van der Waals surface area contributed by atoms with Crippen LogP contribution in [-0.2, 0) is 0 Å². The van der Waals surface area contributed by atoms with Crippen LogP contribution in [0.3, 0.4) is 0 Å². The normalized spacial score (nSPS) is 15.7. The largest absolute Gasteiger partial charge is 0.337 e. The molecule has 0 saturated heterocycles. The van der Waals surface area contributed by atoms with Crippen molar-refractivity contribution in [1.82, 2.24) is 4.98 Å². The summed E-state index contributed by atoms with van der Waals surface area (Å²) in [5.74, 6) is 0. The van der Waals surface area contributed by atoms with Gasteiger partial charge in [0, 0.05) is 11.9 Å². The fourth-order valence-corrected chi connectivity index (χ4v) is 4.66. The van der Waals surface area contributed by atoms with E-state index in [0.29, 0.717) is 5.57 Å². The van der Waals surface area contributed by atoms with Gasteiger partial charge in [-0.1, -0.05) is 36.0 Å². The zero-order valence-corrected chi connectivity index (χ0v) is 13.4. The van der Waals surface area contributed by atoms with Crippen LogP contribution in [0.4, 0.5) is 5.69 Å². The second-order valence-corrected chi connectivity index (χ2v) is 6.97. The number of thiazole rings is 1. The third-order valence-electron chi connectivity index (χ3n) is 3.57. The number of allylic oxidation sites excluding steroid dienone is 1. The molecule has 0 atom stereocenters. The summed E-state index contributed by atoms with van der Waals surface area (Å²) in [4.78, 5) is 7.87. The summed E-state index contributed by atoms with van der Waals surface area (Å²) >= 11 is 3.20. The van der Waals surface area contributed by atoms with Crippen LogP contribution < -0.4 is 4.90 Å². The van der Waals surface area contributed by atoms with E-state index in [0.717, 1.165) is 25.9 Å². The maximum absolute atomic E-state index is 9.68. The molecule has 0 aliphatic carbocycles. The summed E-state index contributed by atoms with van der Waals surface area (Å²) in [6, 6.07) is 18.5. The molecule has 0 radical (unpaired) electrons. The number of hydrogen-bond acceptors (Lipinski definition) is 5. The molecule has 2 aromatic carbocycles. The van der Waals surface area contributed by atoms with Gasteiger partial charge in [0.15, 0.2) is 0 Å². The van der Waals surface area contributed by atoms with Crippen molar-refractivity contribution in [2.45, 2.75) is 4.90 Å². The van der Waals surface area contributed by atoms with Crippen molar-refractivity contribution in [3.05, 3.63) is 58.6 Å². The summed E-state index contributed by atoms with van der Waals surface area (Å²) in [5, 5.41) is 11.4. The SMILES string of the molecule is CN1C(=C(C#N)c2nc3ccccc3s2)Sc2ccccc21. The van der Waals surface area contributed by atoms with Gasteiger partial charge in [0.05, 0.1) is 15.9 Å². The van der Waals surface area contributed by atoms with E-state index in [2.05, 4.69) is 28.1 Å². The second-order valence-electron chi connectivity index (χ2n) is 4.91. The minimum absolute atomic E-state index is 0.643. The molecule has 1 aliphatic heterocycles. The molecule has 0 amide bonds. The average Bonchev–Trinajstić information content (AvgIpc) is 3.11. The molecule has 0 bridgehead atoms. The van der Waals surface area contributed by atoms with Crippen LogP contribution in [0.5, 0.6) is 0 Å². The fourth-order valence-electron chi connectivity index (χ4n) is 2.49. The minimum Gasteiger partial charge on any atom is -0.337 e. The zero-order chi connectivity index (χ0) is 15.1. The van der Waals surface area contributed by atoms with Gasteiger partial charge in [0.1, 0.15) is 21.7 Å². The lowest BCUT2D eigenvalue weighted by atomic mass is 10.3. The lowest BCUT2D eigenvalue weighted by Gasteiger charge is -2.14. The highest BCUT2D eigenvalue weighted by molar-refractivity contribution is 8.04. The molecule has 0 saturated carbocycles. The Labute approximate surface area is 136 Å². The summed E-state index contributed by atoms with van der Waals surface area (Å²) in [6.07, 6.45) is 0. The van der Waals surface area contributed by atoms with E-state index in [1.807, 2.05) is 43.4 Å². The highest BCUT2D eigenvalue weighted by atomic mass is 32.2. The number of nitriles is 1. The molecule has 22 heavy (non-hydrogen) atoms. The first-order chi connectivity index (χ1) is 10.8. The first-order valence-corrected chi connectivity index (χ1v) is 8.42. The van der Waals surface area contributed by atoms with Crippen molar-refractivity contribution < 1.29 is 0 Å². The maximum atomic E-state index is 9.68. The number of anilines is 1. The van der Waals surface area contributed by atoms with Crippen LogP contribution in [0.25, 0.3) is 15.8 Å². The van der Waals surface area contributed by atoms with Gasteiger partial charge in [-0.25, -0.2) is 4.98 Å². The smallest absolute Gasteiger partial charge is 0.137 e. The number of fused-ring (bicyclic) bond motifs is 2. The lowest BCUT2D eigenvalue weighted by molar-refractivity contribution is 1.18. The van der Waals surface area contributed by atoms with E-state index in [-0.39, 0.29) is 0 Å². The molecule has 5 heteroatoms. The van der Waals surface area contributed by atoms with Gasteiger partial charge in [-0.3, -0.25) is 0 Å². The molecule has 1 aromatic heterocycles. The molecule has 3 aromatic rings. The predicted octanol–water partition coefficient (Wildman–Crippen LogP) is 4.73. The molecule has 4 rings (SSSR count). The van der Waals surface area contributed by atoms with E-state index in [4.69, 9.17) is 0 Å². The number of hydrogen-bond donors (Lipinski definition) is 0. The molecule has 3 nitrogen and oxygen atoms in total. The summed E-state index contributed by atoms with van der Waals surface area (Å²) in [6.45, 7) is 0. The van der Waals surface area contributed by atoms with Crippen molar-refractivity contribution in [3.63, 3.8) is 0 Å². The molecular weight excluding hydrogens is 310 g/mol. The van der Waals surface area contributed by atoms with E-state index >= 15 is 0 Å². The Bertz CT molecular complexity index is 917. The molecule has 0 unspecified atom stereocenters. The topological polar surface area (TPSA) is 39.9 Å². The van der Waals surface area contributed by atoms with Crippen LogP contribution >= 0.6 is 23.1 Å². The van der Waals surface area contributed by atoms with Crippen LogP contribution in [0, 0.1) is 11.3 Å². The Morgan fingerprint density at radius 2 is 1.91 bits per heavy atom. The number of aromatic nitrogens is 1. The number of nitrogens with zero attached hydrogens (tertiary/aromatic N) is 3. The number of para-hydroxylation sites is 2. The Kier molecular flexibility index (Phi) is 3.14. The van der Waals surface area contributed by atoms with Crippen LogP contribution in [-0.4, -0.2) is 12.0 Å². The highest BCUT2D eigenvalue weighted by Gasteiger charge is 2.26. The fraction of sp³-hybridized carbons (Fsp3) is 0.0588. The summed E-state index contributed by atoms with van der Waals surface area (Å²) in [7, 11) is 2.00. The quantitative estimate of drug-likeness (QED) is 0.607. The van der Waals surface area contributed by atoms with Crippen molar-refractivity contribution in [3.8, 4) is 6.07 Å². The maximum Gasteiger partial charge on any atom is 0.137 e. The molecular formula is C17H11N3S2. The molecule has 0 N–H and O–H groups in total. The minimum atomic E-state index is 0.643. The molecule has 1 aliphatic rings. The monoisotopic (exact) mass is 321 g/mol. The summed E-state index contributed by atoms with van der Waals surface area (Å²) in [5.41, 5.74) is 2.72. The zero-order valence-electron chi connectivity index (χ0n) is 11.8. The first-order valence-electron chi connectivity index (χ1n) is 6.79. The van der Waals surface area contributed by atoms with Crippen LogP contribution in [0.15, 0.2) is 58.5 Å². The third kappa shape index (κ3) is 2.00. The van der Waals surface area contributed by atoms with E-state index in [1.54, 1.807) is 23.1 Å². The molecule has 0 spiro atoms. The first kappa shape index (κ1) is 13.4. The average molecular weight is 321 g/mol. The standard InChI is InChI=1S/C17H11N3S2/c1-20-13-7-3-5-9-15(13)22-17(20)11(10-18)16-19-12-6-2-4-8-14(12)21-16/h2-9H,1H3. The van der Waals surface area contributed by atoms with Gasteiger partial charge in [0.2, 0.25) is 0 Å². The van der Waals surface area contributed by atoms with E-state index in [9.17, 15) is 5.26 Å². The van der Waals surface area contributed by atoms with Crippen LogP contribution in [0.1, 0.15) is 5.01 Å². The van der Waals surface area contributed by atoms with Crippen molar-refractivity contribution in [2.24, 2.45) is 0 Å². The Morgan fingerprint density at radius 3 is 2.68 bits per heavy atom. The van der Waals surface area contributed by atoms with Crippen molar-refractivity contribution in [1.29, 1.82) is 5.26 Å². The van der Waals surface area contributed by atoms with Gasteiger partial charge >= 0.3 is 0 Å². The predicted molar refractivity (Wildman–Crippen MR) is 92.9 cm³/mol. The Balaban J connectivity index is 1.88. The summed E-state index contributed by atoms with van der Waals surface area (Å²) < 4.78 is 1.11. The van der Waals surface area contributed by atoms with E-state index in [1.165, 1.54) is 4.90 Å². The van der Waals surface area contributed by atoms with Crippen molar-refractivity contribution >= 4 is 44.6 Å². The second kappa shape index (κ2) is 5.16. The Morgan fingerprint density at radius 1 is 1.14 bits per heavy atom. The number of benzene rings is 2. The molecule has 106 valence electrons. The highest BCUT2D eigenvalue weighted by Crippen LogP contribution is 2.48. The van der Waals surface area contributed by atoms with Gasteiger partial charge in [0.25, 0.3) is 0 Å². The van der Waals surface area contributed by atoms with E-state index < -0.39 is 0 Å². The third-order valence-corrected chi connectivity index (χ3v) is 5.86. The van der Waals surface area contributed by atoms with Crippen molar-refractivity contribution in [2.75, 3.05) is 11.9 Å². The molecule has 2 heterocycles. The lowest BCUT2D eigenvalue weighted by Crippen LogP contribution is -2.11. The Hall–Kier alpha value is -2.29. The van der Waals surface area contributed by atoms with Gasteiger partial charge in [-0.2, -0.15) is 5.26 Å². The van der Waals surface area contributed by atoms with Crippen LogP contribution in [0.2, 0.25) is 0 Å². The van der Waals surface area contributed by atoms with Gasteiger partial charge in [-0.05, 0) is 24.3 Å². The van der Waals surface area contributed by atoms with Gasteiger partial charge < -0.3 is 4.90 Å².